The van der Waals surface area contributed by atoms with Gasteiger partial charge in [-0.15, -0.1) is 0 Å². The Morgan fingerprint density at radius 2 is 2.14 bits per heavy atom. The summed E-state index contributed by atoms with van der Waals surface area (Å²) in [5.41, 5.74) is 0. The quantitative estimate of drug-likeness (QED) is 0.849. The fourth-order valence-electron chi connectivity index (χ4n) is 2.20. The number of hydrogen-bond donors (Lipinski definition) is 1. The highest BCUT2D eigenvalue weighted by atomic mass is 19.4. The van der Waals surface area contributed by atoms with E-state index in [4.69, 9.17) is 0 Å². The minimum atomic E-state index is -4.21. The fraction of sp³-hybridized carbons (Fsp3) is 0.583. The number of nitrogens with zero attached hydrogens (tertiary/aromatic N) is 2. The summed E-state index contributed by atoms with van der Waals surface area (Å²) in [6.45, 7) is -3.24. The lowest BCUT2D eigenvalue weighted by Gasteiger charge is -2.18. The number of aromatic nitrogens is 1. The lowest BCUT2D eigenvalue weighted by molar-refractivity contribution is -0.143. The van der Waals surface area contributed by atoms with E-state index in [1.807, 2.05) is 0 Å². The molecular formula is C12H14F5N3O. The molecular weight excluding hydrogens is 297 g/mol. The predicted molar refractivity (Wildman–Crippen MR) is 65.4 cm³/mol. The largest absolute Gasteiger partial charge is 0.433 e. The van der Waals surface area contributed by atoms with Crippen LogP contribution in [-0.2, 0) is 0 Å². The van der Waals surface area contributed by atoms with Crippen molar-refractivity contribution in [1.29, 1.82) is 0 Å². The summed E-state index contributed by atoms with van der Waals surface area (Å²) in [6.07, 6.45) is -2.51. The standard InChI is InChI=1S/C12H14F5N3O/c13-11(14)21-9-1-2-10(18-5-9)19-8-3-4-20(6-8)7-12(15,16)17/h1-2,5,8,11H,3-4,6-7H2,(H,18,19)/t8-/m0/s1. The van der Waals surface area contributed by atoms with Gasteiger partial charge in [0.1, 0.15) is 11.6 Å². The molecule has 0 aromatic carbocycles. The molecule has 0 bridgehead atoms. The SMILES string of the molecule is FC(F)Oc1ccc(N[C@H]2CCN(CC(F)(F)F)C2)nc1. The zero-order chi connectivity index (χ0) is 15.5. The average molecular weight is 311 g/mol. The number of rotatable bonds is 5. The van der Waals surface area contributed by atoms with Crippen LogP contribution >= 0.6 is 0 Å². The minimum Gasteiger partial charge on any atom is -0.433 e. The van der Waals surface area contributed by atoms with Gasteiger partial charge in [0.25, 0.3) is 0 Å². The molecule has 1 aromatic rings. The molecule has 2 rings (SSSR count). The Morgan fingerprint density at radius 3 is 2.71 bits per heavy atom. The van der Waals surface area contributed by atoms with E-state index < -0.39 is 19.3 Å². The first-order chi connectivity index (χ1) is 9.82. The highest BCUT2D eigenvalue weighted by molar-refractivity contribution is 5.38. The van der Waals surface area contributed by atoms with Gasteiger partial charge >= 0.3 is 12.8 Å². The van der Waals surface area contributed by atoms with E-state index in [0.717, 1.165) is 6.20 Å². The summed E-state index contributed by atoms with van der Waals surface area (Å²) < 4.78 is 64.9. The molecule has 1 N–H and O–H groups in total. The second-order valence-electron chi connectivity index (χ2n) is 4.74. The Morgan fingerprint density at radius 1 is 1.38 bits per heavy atom. The van der Waals surface area contributed by atoms with Crippen LogP contribution in [0.2, 0.25) is 0 Å². The third-order valence-electron chi connectivity index (χ3n) is 2.99. The van der Waals surface area contributed by atoms with E-state index in [1.165, 1.54) is 17.0 Å². The molecule has 2 heterocycles. The molecule has 118 valence electrons. The van der Waals surface area contributed by atoms with Crippen LogP contribution < -0.4 is 10.1 Å². The van der Waals surface area contributed by atoms with Crippen LogP contribution in [0.1, 0.15) is 6.42 Å². The second-order valence-corrected chi connectivity index (χ2v) is 4.74. The van der Waals surface area contributed by atoms with Crippen LogP contribution in [0.5, 0.6) is 5.75 Å². The Balaban J connectivity index is 1.83. The molecule has 1 fully saturated rings. The summed E-state index contributed by atoms with van der Waals surface area (Å²) in [5.74, 6) is 0.344. The van der Waals surface area contributed by atoms with Crippen molar-refractivity contribution in [2.75, 3.05) is 25.0 Å². The molecule has 1 aliphatic rings. The highest BCUT2D eigenvalue weighted by Crippen LogP contribution is 2.22. The molecule has 21 heavy (non-hydrogen) atoms. The van der Waals surface area contributed by atoms with Gasteiger partial charge in [0, 0.05) is 19.1 Å². The van der Waals surface area contributed by atoms with Crippen LogP contribution in [0, 0.1) is 0 Å². The number of nitrogens with one attached hydrogen (secondary N) is 1. The van der Waals surface area contributed by atoms with Gasteiger partial charge in [-0.25, -0.2) is 4.98 Å². The Hall–Kier alpha value is -1.64. The van der Waals surface area contributed by atoms with E-state index in [2.05, 4.69) is 15.0 Å². The lowest BCUT2D eigenvalue weighted by atomic mass is 10.2. The zero-order valence-corrected chi connectivity index (χ0v) is 10.9. The number of ether oxygens (including phenoxy) is 1. The molecule has 0 saturated carbocycles. The number of halogens is 5. The van der Waals surface area contributed by atoms with Crippen molar-refractivity contribution in [2.45, 2.75) is 25.3 Å². The molecule has 1 saturated heterocycles. The Kier molecular flexibility index (Phi) is 4.81. The molecule has 4 nitrogen and oxygen atoms in total. The lowest BCUT2D eigenvalue weighted by Crippen LogP contribution is -2.34. The van der Waals surface area contributed by atoms with Gasteiger partial charge in [0.05, 0.1) is 12.7 Å². The van der Waals surface area contributed by atoms with Crippen molar-refractivity contribution in [2.24, 2.45) is 0 Å². The minimum absolute atomic E-state index is 0.0688. The van der Waals surface area contributed by atoms with Crippen LogP contribution in [-0.4, -0.2) is 48.3 Å². The molecule has 0 spiro atoms. The van der Waals surface area contributed by atoms with Gasteiger partial charge < -0.3 is 10.1 Å². The number of anilines is 1. The molecule has 9 heteroatoms. The maximum atomic E-state index is 12.3. The van der Waals surface area contributed by atoms with Crippen molar-refractivity contribution >= 4 is 5.82 Å². The third-order valence-corrected chi connectivity index (χ3v) is 2.99. The Labute approximate surface area is 117 Å². The topological polar surface area (TPSA) is 37.4 Å². The highest BCUT2D eigenvalue weighted by Gasteiger charge is 2.34. The number of likely N-dealkylation sites (tertiary alicyclic amines) is 1. The molecule has 0 unspecified atom stereocenters. The summed E-state index contributed by atoms with van der Waals surface area (Å²) >= 11 is 0. The fourth-order valence-corrected chi connectivity index (χ4v) is 2.20. The van der Waals surface area contributed by atoms with Crippen LogP contribution in [0.15, 0.2) is 18.3 Å². The zero-order valence-electron chi connectivity index (χ0n) is 10.9. The first-order valence-corrected chi connectivity index (χ1v) is 6.28. The maximum Gasteiger partial charge on any atom is 0.401 e. The normalized spacial score (nSPS) is 20.0. The van der Waals surface area contributed by atoms with Crippen molar-refractivity contribution in [3.8, 4) is 5.75 Å². The first-order valence-electron chi connectivity index (χ1n) is 6.28. The maximum absolute atomic E-state index is 12.3. The smallest absolute Gasteiger partial charge is 0.401 e. The van der Waals surface area contributed by atoms with E-state index >= 15 is 0 Å². The van der Waals surface area contributed by atoms with Gasteiger partial charge in [-0.3, -0.25) is 4.90 Å². The number of hydrogen-bond acceptors (Lipinski definition) is 4. The number of pyridine rings is 1. The van der Waals surface area contributed by atoms with Crippen molar-refractivity contribution < 1.29 is 26.7 Å². The monoisotopic (exact) mass is 311 g/mol. The Bertz CT molecular complexity index is 451. The first kappa shape index (κ1) is 15.7. The van der Waals surface area contributed by atoms with Crippen LogP contribution in [0.4, 0.5) is 27.8 Å². The predicted octanol–water partition coefficient (Wildman–Crippen LogP) is 2.73. The summed E-state index contributed by atoms with van der Waals surface area (Å²) in [4.78, 5) is 5.20. The van der Waals surface area contributed by atoms with Gasteiger partial charge in [0.15, 0.2) is 0 Å². The van der Waals surface area contributed by atoms with Crippen LogP contribution in [0.25, 0.3) is 0 Å². The summed E-state index contributed by atoms with van der Waals surface area (Å²) in [7, 11) is 0. The summed E-state index contributed by atoms with van der Waals surface area (Å²) in [6, 6.07) is 2.62. The van der Waals surface area contributed by atoms with Crippen LogP contribution in [0.3, 0.4) is 0 Å². The second kappa shape index (κ2) is 6.42. The van der Waals surface area contributed by atoms with E-state index in [-0.39, 0.29) is 18.3 Å². The van der Waals surface area contributed by atoms with Crippen molar-refractivity contribution in [1.82, 2.24) is 9.88 Å². The van der Waals surface area contributed by atoms with Gasteiger partial charge in [0.2, 0.25) is 0 Å². The van der Waals surface area contributed by atoms with Gasteiger partial charge in [-0.1, -0.05) is 0 Å². The molecule has 1 aliphatic heterocycles. The van der Waals surface area contributed by atoms with Crippen molar-refractivity contribution in [3.05, 3.63) is 18.3 Å². The molecule has 0 amide bonds. The van der Waals surface area contributed by atoms with Crippen molar-refractivity contribution in [3.63, 3.8) is 0 Å². The summed E-state index contributed by atoms with van der Waals surface area (Å²) in [5, 5.41) is 2.97. The van der Waals surface area contributed by atoms with Gasteiger partial charge in [-0.05, 0) is 18.6 Å². The van der Waals surface area contributed by atoms with E-state index in [0.29, 0.717) is 18.8 Å². The number of alkyl halides is 5. The molecule has 1 atom stereocenters. The third kappa shape index (κ3) is 5.33. The van der Waals surface area contributed by atoms with E-state index in [1.54, 1.807) is 0 Å². The molecule has 0 aliphatic carbocycles. The average Bonchev–Trinajstić information content (AvgIpc) is 2.76. The van der Waals surface area contributed by atoms with E-state index in [9.17, 15) is 22.0 Å². The molecule has 0 radical (unpaired) electrons. The van der Waals surface area contributed by atoms with Gasteiger partial charge in [-0.2, -0.15) is 22.0 Å². The molecule has 1 aromatic heterocycles.